The molecule has 1 unspecified atom stereocenters. The van der Waals surface area contributed by atoms with E-state index in [1.54, 1.807) is 5.57 Å². The second kappa shape index (κ2) is 4.26. The van der Waals surface area contributed by atoms with Gasteiger partial charge in [-0.15, -0.1) is 0 Å². The summed E-state index contributed by atoms with van der Waals surface area (Å²) in [6, 6.07) is 0. The van der Waals surface area contributed by atoms with Crippen LogP contribution in [0.3, 0.4) is 0 Å². The van der Waals surface area contributed by atoms with Crippen LogP contribution in [0.5, 0.6) is 0 Å². The smallest absolute Gasteiger partial charge is 0.0824 e. The summed E-state index contributed by atoms with van der Waals surface area (Å²) in [4.78, 5) is 0. The van der Waals surface area contributed by atoms with Crippen molar-refractivity contribution in [2.75, 3.05) is 6.61 Å². The summed E-state index contributed by atoms with van der Waals surface area (Å²) in [7, 11) is -1.08. The van der Waals surface area contributed by atoms with Gasteiger partial charge in [0.25, 0.3) is 0 Å². The maximum Gasteiger partial charge on any atom is 0.0824 e. The van der Waals surface area contributed by atoms with Crippen molar-refractivity contribution in [3.05, 3.63) is 22.9 Å². The van der Waals surface area contributed by atoms with E-state index in [1.807, 2.05) is 0 Å². The van der Waals surface area contributed by atoms with Crippen molar-refractivity contribution in [3.8, 4) is 0 Å². The van der Waals surface area contributed by atoms with Gasteiger partial charge in [-0.25, -0.2) is 0 Å². The fourth-order valence-electron chi connectivity index (χ4n) is 2.49. The van der Waals surface area contributed by atoms with E-state index in [2.05, 4.69) is 31.4 Å². The Morgan fingerprint density at radius 3 is 2.93 bits per heavy atom. The van der Waals surface area contributed by atoms with Crippen LogP contribution in [0.2, 0.25) is 19.6 Å². The lowest BCUT2D eigenvalue weighted by atomic mass is 9.88. The van der Waals surface area contributed by atoms with Crippen LogP contribution in [0.1, 0.15) is 25.7 Å². The number of allylic oxidation sites excluding steroid dienone is 1. The van der Waals surface area contributed by atoms with Gasteiger partial charge in [0.15, 0.2) is 0 Å². The molecule has 0 radical (unpaired) electrons. The Bertz CT molecular complexity index is 296. The molecule has 1 saturated heterocycles. The molecule has 0 spiro atoms. The van der Waals surface area contributed by atoms with Crippen molar-refractivity contribution in [2.24, 2.45) is 0 Å². The Hall–Kier alpha value is -0.343. The topological polar surface area (TPSA) is 9.23 Å². The summed E-state index contributed by atoms with van der Waals surface area (Å²) in [5, 5.41) is 0. The lowest BCUT2D eigenvalue weighted by Crippen LogP contribution is -2.28. The minimum absolute atomic E-state index is 0.426. The maximum absolute atomic E-state index is 5.83. The number of hydrogen-bond acceptors (Lipinski definition) is 1. The molecule has 84 valence electrons. The van der Waals surface area contributed by atoms with Crippen LogP contribution in [0.25, 0.3) is 0 Å². The highest BCUT2D eigenvalue weighted by Crippen LogP contribution is 2.33. The predicted octanol–water partition coefficient (Wildman–Crippen LogP) is 3.69. The second-order valence-corrected chi connectivity index (χ2v) is 10.8. The van der Waals surface area contributed by atoms with E-state index >= 15 is 0 Å². The molecule has 2 rings (SSSR count). The lowest BCUT2D eigenvalue weighted by Gasteiger charge is -2.32. The van der Waals surface area contributed by atoms with Gasteiger partial charge in [0.1, 0.15) is 0 Å². The molecule has 1 atom stereocenters. The van der Waals surface area contributed by atoms with E-state index in [4.69, 9.17) is 4.74 Å². The molecule has 0 bridgehead atoms. The van der Waals surface area contributed by atoms with Crippen LogP contribution in [0.4, 0.5) is 0 Å². The molecule has 1 fully saturated rings. The maximum atomic E-state index is 5.83. The first-order valence-electron chi connectivity index (χ1n) is 6.10. The minimum Gasteiger partial charge on any atom is -0.373 e. The van der Waals surface area contributed by atoms with Gasteiger partial charge in [-0.05, 0) is 36.8 Å². The monoisotopic (exact) mass is 222 g/mol. The Morgan fingerprint density at radius 1 is 1.40 bits per heavy atom. The van der Waals surface area contributed by atoms with Crippen LogP contribution < -0.4 is 0 Å². The molecule has 0 aromatic rings. The van der Waals surface area contributed by atoms with Gasteiger partial charge in [0, 0.05) is 0 Å². The van der Waals surface area contributed by atoms with Crippen LogP contribution in [0.15, 0.2) is 22.9 Å². The fraction of sp³-hybridized carbons (Fsp3) is 0.692. The summed E-state index contributed by atoms with van der Waals surface area (Å²) in [6.45, 7) is 8.16. The lowest BCUT2D eigenvalue weighted by molar-refractivity contribution is 0.0567. The summed E-state index contributed by atoms with van der Waals surface area (Å²) < 4.78 is 5.83. The first-order valence-corrected chi connectivity index (χ1v) is 9.68. The van der Waals surface area contributed by atoms with E-state index in [0.717, 1.165) is 13.0 Å². The van der Waals surface area contributed by atoms with Crippen molar-refractivity contribution >= 4 is 8.07 Å². The molecule has 0 saturated carbocycles. The van der Waals surface area contributed by atoms with Crippen LogP contribution in [-0.4, -0.2) is 20.8 Å². The zero-order valence-electron chi connectivity index (χ0n) is 10.2. The molecule has 2 aliphatic rings. The molecule has 0 N–H and O–H groups in total. The van der Waals surface area contributed by atoms with Crippen LogP contribution >= 0.6 is 0 Å². The fourth-order valence-corrected chi connectivity index (χ4v) is 3.85. The first kappa shape index (κ1) is 11.2. The van der Waals surface area contributed by atoms with Crippen LogP contribution in [-0.2, 0) is 4.74 Å². The van der Waals surface area contributed by atoms with Gasteiger partial charge in [-0.1, -0.05) is 31.4 Å². The van der Waals surface area contributed by atoms with Gasteiger partial charge in [0.2, 0.25) is 0 Å². The quantitative estimate of drug-likeness (QED) is 0.615. The van der Waals surface area contributed by atoms with Gasteiger partial charge in [-0.3, -0.25) is 0 Å². The summed E-state index contributed by atoms with van der Waals surface area (Å²) in [6.07, 6.45) is 7.75. The van der Waals surface area contributed by atoms with E-state index < -0.39 is 8.07 Å². The summed E-state index contributed by atoms with van der Waals surface area (Å²) in [5.74, 6) is 0. The highest BCUT2D eigenvalue weighted by molar-refractivity contribution is 6.81. The number of fused-ring (bicyclic) bond motifs is 1. The normalized spacial score (nSPS) is 29.9. The molecule has 2 heteroatoms. The van der Waals surface area contributed by atoms with E-state index in [0.29, 0.717) is 6.10 Å². The van der Waals surface area contributed by atoms with Crippen molar-refractivity contribution in [2.45, 2.75) is 51.4 Å². The molecule has 0 amide bonds. The van der Waals surface area contributed by atoms with Crippen molar-refractivity contribution in [3.63, 3.8) is 0 Å². The Kier molecular flexibility index (Phi) is 3.17. The Balaban J connectivity index is 2.24. The van der Waals surface area contributed by atoms with E-state index in [-0.39, 0.29) is 0 Å². The van der Waals surface area contributed by atoms with Crippen molar-refractivity contribution in [1.82, 2.24) is 0 Å². The number of ether oxygens (including phenoxy) is 1. The van der Waals surface area contributed by atoms with Crippen LogP contribution in [0, 0.1) is 0 Å². The van der Waals surface area contributed by atoms with Gasteiger partial charge in [0.05, 0.1) is 20.8 Å². The first-order chi connectivity index (χ1) is 7.06. The highest BCUT2D eigenvalue weighted by atomic mass is 28.3. The SMILES string of the molecule is C[Si](C)(C)/C=C1\CCOC2CCCC=C12. The standard InChI is InChI=1S/C13H22OSi/c1-15(2,3)10-11-8-9-14-13-7-5-4-6-12(11)13/h6,10,13H,4-5,7-9H2,1-3H3/b11-10+. The number of rotatable bonds is 1. The van der Waals surface area contributed by atoms with Gasteiger partial charge < -0.3 is 4.74 Å². The number of hydrogen-bond donors (Lipinski definition) is 0. The van der Waals surface area contributed by atoms with E-state index in [1.165, 1.54) is 24.8 Å². The molecule has 1 nitrogen and oxygen atoms in total. The Labute approximate surface area is 94.2 Å². The minimum atomic E-state index is -1.08. The molecule has 1 aliphatic carbocycles. The molecule has 0 aromatic heterocycles. The highest BCUT2D eigenvalue weighted by Gasteiger charge is 2.26. The Morgan fingerprint density at radius 2 is 2.20 bits per heavy atom. The summed E-state index contributed by atoms with van der Waals surface area (Å²) in [5.41, 5.74) is 5.69. The average Bonchev–Trinajstić information content (AvgIpc) is 2.16. The predicted molar refractivity (Wildman–Crippen MR) is 67.7 cm³/mol. The molecular weight excluding hydrogens is 200 g/mol. The largest absolute Gasteiger partial charge is 0.373 e. The summed E-state index contributed by atoms with van der Waals surface area (Å²) >= 11 is 0. The molecular formula is C13H22OSi. The molecule has 1 heterocycles. The zero-order valence-corrected chi connectivity index (χ0v) is 11.2. The zero-order chi connectivity index (χ0) is 10.9. The third kappa shape index (κ3) is 2.82. The average molecular weight is 222 g/mol. The van der Waals surface area contributed by atoms with Crippen molar-refractivity contribution in [1.29, 1.82) is 0 Å². The van der Waals surface area contributed by atoms with Gasteiger partial charge in [-0.2, -0.15) is 0 Å². The van der Waals surface area contributed by atoms with Gasteiger partial charge >= 0.3 is 0 Å². The molecule has 15 heavy (non-hydrogen) atoms. The third-order valence-electron chi connectivity index (χ3n) is 3.05. The second-order valence-electron chi connectivity index (χ2n) is 5.74. The van der Waals surface area contributed by atoms with E-state index in [9.17, 15) is 0 Å². The molecule has 0 aromatic carbocycles. The molecule has 1 aliphatic heterocycles. The van der Waals surface area contributed by atoms with Crippen molar-refractivity contribution < 1.29 is 4.74 Å². The third-order valence-corrected chi connectivity index (χ3v) is 4.26.